The number of hydrogen-bond acceptors (Lipinski definition) is 4. The SMILES string of the molecule is O=C(O)c1nc[nH]c1-c1cncs1. The van der Waals surface area contributed by atoms with Crippen LogP contribution >= 0.6 is 11.3 Å². The summed E-state index contributed by atoms with van der Waals surface area (Å²) in [4.78, 5) is 21.8. The topological polar surface area (TPSA) is 78.9 Å². The molecule has 0 saturated heterocycles. The summed E-state index contributed by atoms with van der Waals surface area (Å²) in [5, 5.41) is 8.76. The Kier molecular flexibility index (Phi) is 1.82. The summed E-state index contributed by atoms with van der Waals surface area (Å²) in [6.45, 7) is 0. The van der Waals surface area contributed by atoms with Gasteiger partial charge in [-0.2, -0.15) is 0 Å². The zero-order chi connectivity index (χ0) is 9.26. The third-order valence-electron chi connectivity index (χ3n) is 1.52. The second-order valence-electron chi connectivity index (χ2n) is 2.30. The van der Waals surface area contributed by atoms with Crippen molar-refractivity contribution in [2.45, 2.75) is 0 Å². The van der Waals surface area contributed by atoms with Gasteiger partial charge >= 0.3 is 5.97 Å². The molecule has 66 valence electrons. The number of nitrogens with zero attached hydrogens (tertiary/aromatic N) is 2. The van der Waals surface area contributed by atoms with Gasteiger partial charge in [-0.15, -0.1) is 11.3 Å². The Bertz CT molecular complexity index is 421. The van der Waals surface area contributed by atoms with Gasteiger partial charge in [0.15, 0.2) is 5.69 Å². The van der Waals surface area contributed by atoms with Crippen molar-refractivity contribution in [2.75, 3.05) is 0 Å². The maximum atomic E-state index is 10.7. The first-order chi connectivity index (χ1) is 6.29. The first-order valence-electron chi connectivity index (χ1n) is 3.44. The number of H-pyrrole nitrogens is 1. The number of rotatable bonds is 2. The molecule has 0 aliphatic carbocycles. The highest BCUT2D eigenvalue weighted by molar-refractivity contribution is 7.13. The maximum Gasteiger partial charge on any atom is 0.356 e. The summed E-state index contributed by atoms with van der Waals surface area (Å²) >= 11 is 1.37. The van der Waals surface area contributed by atoms with Gasteiger partial charge in [0.05, 0.1) is 22.4 Å². The molecule has 0 aromatic carbocycles. The number of thiazole rings is 1. The molecule has 0 aliphatic heterocycles. The van der Waals surface area contributed by atoms with E-state index in [2.05, 4.69) is 15.0 Å². The minimum Gasteiger partial charge on any atom is -0.476 e. The molecule has 0 aliphatic rings. The lowest BCUT2D eigenvalue weighted by atomic mass is 10.3. The van der Waals surface area contributed by atoms with Crippen LogP contribution in [0.3, 0.4) is 0 Å². The molecule has 0 amide bonds. The number of aromatic amines is 1. The van der Waals surface area contributed by atoms with Crippen molar-refractivity contribution in [2.24, 2.45) is 0 Å². The van der Waals surface area contributed by atoms with E-state index in [-0.39, 0.29) is 5.69 Å². The van der Waals surface area contributed by atoms with E-state index in [4.69, 9.17) is 5.11 Å². The molecule has 0 bridgehead atoms. The highest BCUT2D eigenvalue weighted by atomic mass is 32.1. The third-order valence-corrected chi connectivity index (χ3v) is 2.31. The monoisotopic (exact) mass is 195 g/mol. The lowest BCUT2D eigenvalue weighted by molar-refractivity contribution is 0.0692. The first-order valence-corrected chi connectivity index (χ1v) is 4.32. The quantitative estimate of drug-likeness (QED) is 0.755. The number of nitrogens with one attached hydrogen (secondary N) is 1. The predicted octanol–water partition coefficient (Wildman–Crippen LogP) is 1.23. The maximum absolute atomic E-state index is 10.7. The van der Waals surface area contributed by atoms with Crippen molar-refractivity contribution in [1.82, 2.24) is 15.0 Å². The van der Waals surface area contributed by atoms with E-state index in [1.165, 1.54) is 17.7 Å². The van der Waals surface area contributed by atoms with Gasteiger partial charge < -0.3 is 10.1 Å². The number of carboxylic acids is 1. The van der Waals surface area contributed by atoms with Crippen LogP contribution < -0.4 is 0 Å². The summed E-state index contributed by atoms with van der Waals surface area (Å²) in [5.41, 5.74) is 2.18. The molecule has 5 nitrogen and oxygen atoms in total. The fraction of sp³-hybridized carbons (Fsp3) is 0. The number of imidazole rings is 1. The van der Waals surface area contributed by atoms with E-state index in [0.29, 0.717) is 5.69 Å². The van der Waals surface area contributed by atoms with Crippen LogP contribution in [0, 0.1) is 0 Å². The lowest BCUT2D eigenvalue weighted by Gasteiger charge is -1.92. The van der Waals surface area contributed by atoms with E-state index < -0.39 is 5.97 Å². The van der Waals surface area contributed by atoms with Gasteiger partial charge in [0.1, 0.15) is 0 Å². The normalized spacial score (nSPS) is 10.2. The summed E-state index contributed by atoms with van der Waals surface area (Å²) in [7, 11) is 0. The van der Waals surface area contributed by atoms with E-state index >= 15 is 0 Å². The third kappa shape index (κ3) is 1.31. The van der Waals surface area contributed by atoms with Gasteiger partial charge in [0.25, 0.3) is 0 Å². The number of hydrogen-bond donors (Lipinski definition) is 2. The summed E-state index contributed by atoms with van der Waals surface area (Å²) in [6.07, 6.45) is 2.96. The number of aromatic carboxylic acids is 1. The van der Waals surface area contributed by atoms with Crippen LogP contribution in [0.5, 0.6) is 0 Å². The smallest absolute Gasteiger partial charge is 0.356 e. The molecule has 2 aromatic heterocycles. The van der Waals surface area contributed by atoms with Crippen molar-refractivity contribution in [3.63, 3.8) is 0 Å². The van der Waals surface area contributed by atoms with Crippen molar-refractivity contribution >= 4 is 17.3 Å². The highest BCUT2D eigenvalue weighted by Gasteiger charge is 2.15. The van der Waals surface area contributed by atoms with E-state index in [1.807, 2.05) is 0 Å². The van der Waals surface area contributed by atoms with Crippen molar-refractivity contribution in [1.29, 1.82) is 0 Å². The van der Waals surface area contributed by atoms with E-state index in [9.17, 15) is 4.79 Å². The van der Waals surface area contributed by atoms with Crippen molar-refractivity contribution in [3.8, 4) is 10.6 Å². The van der Waals surface area contributed by atoms with Crippen LogP contribution in [-0.4, -0.2) is 26.0 Å². The van der Waals surface area contributed by atoms with Gasteiger partial charge in [-0.3, -0.25) is 4.98 Å². The van der Waals surface area contributed by atoms with Gasteiger partial charge in [-0.1, -0.05) is 0 Å². The molecule has 0 unspecified atom stereocenters. The fourth-order valence-electron chi connectivity index (χ4n) is 0.984. The Balaban J connectivity index is 2.52. The molecule has 13 heavy (non-hydrogen) atoms. The second-order valence-corrected chi connectivity index (χ2v) is 3.18. The van der Waals surface area contributed by atoms with Crippen molar-refractivity contribution in [3.05, 3.63) is 23.7 Å². The minimum atomic E-state index is -1.04. The lowest BCUT2D eigenvalue weighted by Crippen LogP contribution is -1.98. The fourth-order valence-corrected chi connectivity index (χ4v) is 1.61. The van der Waals surface area contributed by atoms with Crippen LogP contribution in [0.1, 0.15) is 10.5 Å². The zero-order valence-electron chi connectivity index (χ0n) is 6.39. The Morgan fingerprint density at radius 3 is 3.08 bits per heavy atom. The van der Waals surface area contributed by atoms with Crippen LogP contribution in [0.4, 0.5) is 0 Å². The minimum absolute atomic E-state index is 0.0317. The predicted molar refractivity (Wildman–Crippen MR) is 46.7 cm³/mol. The largest absolute Gasteiger partial charge is 0.476 e. The van der Waals surface area contributed by atoms with Crippen LogP contribution in [0.15, 0.2) is 18.0 Å². The molecule has 0 fully saturated rings. The van der Waals surface area contributed by atoms with Crippen LogP contribution in [-0.2, 0) is 0 Å². The van der Waals surface area contributed by atoms with Gasteiger partial charge in [-0.25, -0.2) is 9.78 Å². The molecule has 2 aromatic rings. The highest BCUT2D eigenvalue weighted by Crippen LogP contribution is 2.23. The standard InChI is InChI=1S/C7H5N3O2S/c11-7(12)6-5(9-2-10-6)4-1-8-3-13-4/h1-3H,(H,9,10)(H,11,12). The summed E-state index contributed by atoms with van der Waals surface area (Å²) < 4.78 is 0. The number of carboxylic acid groups (broad SMARTS) is 1. The Morgan fingerprint density at radius 2 is 2.46 bits per heavy atom. The molecule has 0 atom stereocenters. The van der Waals surface area contributed by atoms with Gasteiger partial charge in [-0.05, 0) is 0 Å². The molecule has 6 heteroatoms. The molecular weight excluding hydrogens is 190 g/mol. The number of aromatic nitrogens is 3. The van der Waals surface area contributed by atoms with E-state index in [0.717, 1.165) is 4.88 Å². The molecule has 2 rings (SSSR count). The average molecular weight is 195 g/mol. The van der Waals surface area contributed by atoms with Gasteiger partial charge in [0, 0.05) is 6.20 Å². The molecule has 0 saturated carbocycles. The van der Waals surface area contributed by atoms with Crippen LogP contribution in [0.2, 0.25) is 0 Å². The molecule has 0 spiro atoms. The second kappa shape index (κ2) is 2.98. The molecular formula is C7H5N3O2S. The Morgan fingerprint density at radius 1 is 1.62 bits per heavy atom. The Labute approximate surface area is 77.1 Å². The molecule has 2 heterocycles. The van der Waals surface area contributed by atoms with Gasteiger partial charge in [0.2, 0.25) is 0 Å². The molecule has 0 radical (unpaired) electrons. The average Bonchev–Trinajstić information content (AvgIpc) is 2.74. The number of carbonyl (C=O) groups is 1. The molecule has 2 N–H and O–H groups in total. The summed E-state index contributed by atoms with van der Waals surface area (Å²) in [6, 6.07) is 0. The Hall–Kier alpha value is -1.69. The zero-order valence-corrected chi connectivity index (χ0v) is 7.21. The van der Waals surface area contributed by atoms with E-state index in [1.54, 1.807) is 11.7 Å². The summed E-state index contributed by atoms with van der Waals surface area (Å²) in [5.74, 6) is -1.04. The first kappa shape index (κ1) is 7.93. The van der Waals surface area contributed by atoms with Crippen molar-refractivity contribution < 1.29 is 9.90 Å². The van der Waals surface area contributed by atoms with Crippen LogP contribution in [0.25, 0.3) is 10.6 Å².